The van der Waals surface area contributed by atoms with Crippen molar-refractivity contribution in [1.82, 2.24) is 5.32 Å². The quantitative estimate of drug-likeness (QED) is 0.0320. The van der Waals surface area contributed by atoms with Gasteiger partial charge in [0.15, 0.2) is 0 Å². The molecule has 75 heavy (non-hydrogen) atoms. The number of rotatable bonds is 63. The van der Waals surface area contributed by atoms with Gasteiger partial charge >= 0.3 is 5.97 Å². The van der Waals surface area contributed by atoms with Crippen molar-refractivity contribution in [2.24, 2.45) is 0 Å². The molecule has 0 radical (unpaired) electrons. The number of ether oxygens (including phenoxy) is 1. The molecule has 0 rings (SSSR count). The van der Waals surface area contributed by atoms with Crippen LogP contribution in [0.25, 0.3) is 0 Å². The molecule has 0 aromatic rings. The van der Waals surface area contributed by atoms with Crippen molar-refractivity contribution in [3.63, 3.8) is 0 Å². The summed E-state index contributed by atoms with van der Waals surface area (Å²) in [5.74, 6) is -0.0723. The molecule has 6 heteroatoms. The van der Waals surface area contributed by atoms with Crippen LogP contribution >= 0.6 is 0 Å². The Bertz CT molecular complexity index is 1210. The van der Waals surface area contributed by atoms with Crippen molar-refractivity contribution in [3.8, 4) is 0 Å². The number of esters is 1. The first kappa shape index (κ1) is 73.1. The molecule has 0 saturated carbocycles. The minimum absolute atomic E-state index is 0.000872. The topological polar surface area (TPSA) is 95.9 Å². The van der Waals surface area contributed by atoms with Crippen molar-refractivity contribution in [3.05, 3.63) is 36.5 Å². The van der Waals surface area contributed by atoms with Gasteiger partial charge in [-0.25, -0.2) is 0 Å². The second kappa shape index (κ2) is 64.6. The van der Waals surface area contributed by atoms with Gasteiger partial charge in [0.05, 0.1) is 25.4 Å². The summed E-state index contributed by atoms with van der Waals surface area (Å²) in [6.45, 7) is 4.89. The van der Waals surface area contributed by atoms with Crippen molar-refractivity contribution >= 4 is 11.9 Å². The first-order chi connectivity index (χ1) is 37.0. The van der Waals surface area contributed by atoms with E-state index < -0.39 is 12.1 Å². The average molecular weight is 1050 g/mol. The van der Waals surface area contributed by atoms with Crippen LogP contribution in [0.3, 0.4) is 0 Å². The molecule has 2 atom stereocenters. The fourth-order valence-electron chi connectivity index (χ4n) is 10.5. The minimum atomic E-state index is -0.851. The molecule has 0 aliphatic heterocycles. The fourth-order valence-corrected chi connectivity index (χ4v) is 10.5. The van der Waals surface area contributed by atoms with E-state index in [9.17, 15) is 19.8 Å². The van der Waals surface area contributed by atoms with E-state index in [4.69, 9.17) is 4.74 Å². The second-order valence-electron chi connectivity index (χ2n) is 23.2. The van der Waals surface area contributed by atoms with E-state index >= 15 is 0 Å². The molecular weight excluding hydrogens is 923 g/mol. The summed E-state index contributed by atoms with van der Waals surface area (Å²) >= 11 is 0. The highest BCUT2D eigenvalue weighted by molar-refractivity contribution is 5.76. The Morgan fingerprint density at radius 1 is 0.373 bits per heavy atom. The lowest BCUT2D eigenvalue weighted by molar-refractivity contribution is -0.143. The summed E-state index contributed by atoms with van der Waals surface area (Å²) in [5.41, 5.74) is 0. The molecule has 0 aromatic carbocycles. The van der Waals surface area contributed by atoms with Gasteiger partial charge in [-0.15, -0.1) is 0 Å². The van der Waals surface area contributed by atoms with E-state index in [1.807, 2.05) is 6.08 Å². The first-order valence-electron chi connectivity index (χ1n) is 33.8. The lowest BCUT2D eigenvalue weighted by Crippen LogP contribution is -2.45. The van der Waals surface area contributed by atoms with Crippen LogP contribution in [0.2, 0.25) is 0 Å². The van der Waals surface area contributed by atoms with Crippen LogP contribution in [0.4, 0.5) is 0 Å². The third-order valence-electron chi connectivity index (χ3n) is 15.7. The van der Waals surface area contributed by atoms with E-state index in [2.05, 4.69) is 43.5 Å². The Kier molecular flexibility index (Phi) is 63.0. The highest BCUT2D eigenvalue weighted by atomic mass is 16.5. The number of hydrogen-bond donors (Lipinski definition) is 3. The third-order valence-corrected chi connectivity index (χ3v) is 15.7. The monoisotopic (exact) mass is 1050 g/mol. The highest BCUT2D eigenvalue weighted by Gasteiger charge is 2.18. The maximum atomic E-state index is 12.5. The van der Waals surface area contributed by atoms with Gasteiger partial charge < -0.3 is 20.3 Å². The van der Waals surface area contributed by atoms with Gasteiger partial charge in [0, 0.05) is 12.8 Å². The molecule has 1 amide bonds. The average Bonchev–Trinajstić information content (AvgIpc) is 3.41. The Morgan fingerprint density at radius 2 is 0.667 bits per heavy atom. The molecule has 6 nitrogen and oxygen atoms in total. The van der Waals surface area contributed by atoms with Gasteiger partial charge in [-0.2, -0.15) is 0 Å². The van der Waals surface area contributed by atoms with Crippen LogP contribution in [0.15, 0.2) is 36.5 Å². The van der Waals surface area contributed by atoms with Crippen molar-refractivity contribution in [1.29, 1.82) is 0 Å². The number of aliphatic hydroxyl groups is 2. The zero-order valence-electron chi connectivity index (χ0n) is 50.5. The minimum Gasteiger partial charge on any atom is -0.466 e. The summed E-state index contributed by atoms with van der Waals surface area (Å²) in [6.07, 6.45) is 81.9. The normalized spacial score (nSPS) is 12.7. The van der Waals surface area contributed by atoms with Crippen LogP contribution in [0.5, 0.6) is 0 Å². The van der Waals surface area contributed by atoms with Crippen LogP contribution in [0, 0.1) is 0 Å². The van der Waals surface area contributed by atoms with Gasteiger partial charge in [0.25, 0.3) is 0 Å². The number of carbonyl (C=O) groups is 2. The van der Waals surface area contributed by atoms with Gasteiger partial charge in [0.1, 0.15) is 0 Å². The number of carbonyl (C=O) groups excluding carboxylic acids is 2. The van der Waals surface area contributed by atoms with E-state index in [1.165, 1.54) is 289 Å². The summed E-state index contributed by atoms with van der Waals surface area (Å²) in [4.78, 5) is 24.6. The number of amides is 1. The summed E-state index contributed by atoms with van der Waals surface area (Å²) < 4.78 is 5.50. The molecule has 0 fully saturated rings. The smallest absolute Gasteiger partial charge is 0.305 e. The highest BCUT2D eigenvalue weighted by Crippen LogP contribution is 2.18. The predicted molar refractivity (Wildman–Crippen MR) is 329 cm³/mol. The Balaban J connectivity index is 3.44. The molecule has 3 N–H and O–H groups in total. The molecule has 0 bridgehead atoms. The summed E-state index contributed by atoms with van der Waals surface area (Å²) in [6, 6.07) is -0.635. The molecule has 442 valence electrons. The molecular formula is C69H131NO5. The molecule has 0 aliphatic carbocycles. The van der Waals surface area contributed by atoms with Crippen LogP contribution in [0.1, 0.15) is 367 Å². The van der Waals surface area contributed by atoms with E-state index in [0.717, 1.165) is 51.4 Å². The van der Waals surface area contributed by atoms with E-state index in [0.29, 0.717) is 19.4 Å². The fraction of sp³-hybridized carbons (Fsp3) is 0.884. The van der Waals surface area contributed by atoms with Gasteiger partial charge in [-0.1, -0.05) is 326 Å². The first-order valence-corrected chi connectivity index (χ1v) is 33.8. The van der Waals surface area contributed by atoms with Crippen molar-refractivity contribution < 1.29 is 24.5 Å². The standard InChI is InChI=1S/C69H131NO5/c1-3-5-7-9-11-13-15-17-19-21-23-24-25-26-28-29-33-37-41-45-49-53-57-61-67(72)66(65-71)70-68(73)62-58-54-50-46-42-38-34-31-32-36-40-44-48-52-56-60-64-75-69(74)63-59-55-51-47-43-39-35-30-27-22-20-18-16-14-12-10-8-6-4-2/h12,14,18,20,57,61,66-67,71-72H,3-11,13,15-17,19,21-56,58-60,62-65H2,1-2H3,(H,70,73)/b14-12-,20-18-,61-57+. The van der Waals surface area contributed by atoms with Gasteiger partial charge in [-0.3, -0.25) is 9.59 Å². The largest absolute Gasteiger partial charge is 0.466 e. The van der Waals surface area contributed by atoms with E-state index in [-0.39, 0.29) is 18.5 Å². The number of hydrogen-bond acceptors (Lipinski definition) is 5. The van der Waals surface area contributed by atoms with Crippen molar-refractivity contribution in [2.45, 2.75) is 379 Å². The van der Waals surface area contributed by atoms with Gasteiger partial charge in [0.2, 0.25) is 5.91 Å². The maximum Gasteiger partial charge on any atom is 0.305 e. The maximum absolute atomic E-state index is 12.5. The zero-order valence-corrected chi connectivity index (χ0v) is 50.5. The molecule has 0 spiro atoms. The number of unbranched alkanes of at least 4 members (excludes halogenated alkanes) is 48. The molecule has 0 heterocycles. The van der Waals surface area contributed by atoms with Crippen LogP contribution < -0.4 is 5.32 Å². The lowest BCUT2D eigenvalue weighted by atomic mass is 10.0. The molecule has 0 aromatic heterocycles. The second-order valence-corrected chi connectivity index (χ2v) is 23.2. The zero-order chi connectivity index (χ0) is 54.3. The molecule has 0 aliphatic rings. The van der Waals surface area contributed by atoms with Crippen molar-refractivity contribution in [2.75, 3.05) is 13.2 Å². The Labute approximate surface area is 468 Å². The molecule has 0 saturated heterocycles. The lowest BCUT2D eigenvalue weighted by Gasteiger charge is -2.20. The number of allylic oxidation sites excluding steroid dienone is 5. The summed E-state index contributed by atoms with van der Waals surface area (Å²) in [5, 5.41) is 23.2. The summed E-state index contributed by atoms with van der Waals surface area (Å²) in [7, 11) is 0. The number of aliphatic hydroxyl groups excluding tert-OH is 2. The van der Waals surface area contributed by atoms with Crippen LogP contribution in [-0.4, -0.2) is 47.4 Å². The van der Waals surface area contributed by atoms with Crippen LogP contribution in [-0.2, 0) is 14.3 Å². The number of nitrogens with one attached hydrogen (secondary N) is 1. The van der Waals surface area contributed by atoms with E-state index in [1.54, 1.807) is 6.08 Å². The Hall–Kier alpha value is -1.92. The SMILES string of the molecule is CCCCC/C=C\C/C=C\CCCCCCCCCCCC(=O)OCCCCCCCCCCCCCCCCCCC(=O)NC(CO)C(O)/C=C/CCCCCCCCCCCCCCCCCCCCCCC. The third kappa shape index (κ3) is 61.2. The van der Waals surface area contributed by atoms with Gasteiger partial charge in [-0.05, 0) is 64.2 Å². The predicted octanol–water partition coefficient (Wildman–Crippen LogP) is 21.5. The molecule has 2 unspecified atom stereocenters. The Morgan fingerprint density at radius 3 is 1.04 bits per heavy atom.